The van der Waals surface area contributed by atoms with Gasteiger partial charge in [0.05, 0.1) is 0 Å². The second kappa shape index (κ2) is 8.50. The van der Waals surface area contributed by atoms with Crippen LogP contribution in [-0.4, -0.2) is 5.48 Å². The van der Waals surface area contributed by atoms with Crippen molar-refractivity contribution in [1.29, 1.82) is 0 Å². The second-order valence-electron chi connectivity index (χ2n) is 0.447. The molecule has 5 nitrogen and oxygen atoms in total. The summed E-state index contributed by atoms with van der Waals surface area (Å²) in [6.45, 7) is 0. The molecule has 0 aliphatic heterocycles. The van der Waals surface area contributed by atoms with E-state index in [-0.39, 0.29) is 48.9 Å². The summed E-state index contributed by atoms with van der Waals surface area (Å²) in [6, 6.07) is 0. The van der Waals surface area contributed by atoms with Gasteiger partial charge in [-0.1, -0.05) is 0 Å². The smallest absolute Gasteiger partial charge is 0.870 e. The van der Waals surface area contributed by atoms with Gasteiger partial charge in [0.1, 0.15) is 0 Å². The molecule has 0 fully saturated rings. The standard InChI is InChI=1S/H3O4P.H2O.2Ti/c1-5(2,3)4;;;/h(H3,1,2,3,4);1H2;;/q;;2*+4/p-4. The molecule has 0 atom stereocenters. The van der Waals surface area contributed by atoms with Crippen LogP contribution in [-0.2, 0) is 48.0 Å². The minimum Gasteiger partial charge on any atom is -0.870 e. The monoisotopic (exact) mass is 208 g/mol. The molecule has 8 heavy (non-hydrogen) atoms. The van der Waals surface area contributed by atoms with E-state index in [1.165, 1.54) is 0 Å². The third kappa shape index (κ3) is 141. The van der Waals surface area contributed by atoms with Crippen LogP contribution in [0.1, 0.15) is 0 Å². The van der Waals surface area contributed by atoms with Gasteiger partial charge in [0.2, 0.25) is 0 Å². The van der Waals surface area contributed by atoms with Crippen LogP contribution >= 0.6 is 7.82 Å². The van der Waals surface area contributed by atoms with E-state index in [1.807, 2.05) is 0 Å². The summed E-state index contributed by atoms with van der Waals surface area (Å²) in [6.07, 6.45) is 0. The zero-order valence-electron chi connectivity index (χ0n) is 3.53. The summed E-state index contributed by atoms with van der Waals surface area (Å²) in [5, 5.41) is 0. The summed E-state index contributed by atoms with van der Waals surface area (Å²) in [5.74, 6) is 0. The van der Waals surface area contributed by atoms with Gasteiger partial charge in [-0.2, -0.15) is 7.82 Å². The van der Waals surface area contributed by atoms with Crippen LogP contribution in [0.25, 0.3) is 0 Å². The van der Waals surface area contributed by atoms with Crippen molar-refractivity contribution in [3.63, 3.8) is 0 Å². The Bertz CT molecular complexity index is 56.6. The fraction of sp³-hybridized carbons (Fsp3) is 0. The maximum Gasteiger partial charge on any atom is 4.00 e. The van der Waals surface area contributed by atoms with Crippen molar-refractivity contribution in [1.82, 2.24) is 0 Å². The third-order valence-electron chi connectivity index (χ3n) is 0. The topological polar surface area (TPSA) is 116 Å². The van der Waals surface area contributed by atoms with Crippen LogP contribution in [0.3, 0.4) is 0 Å². The van der Waals surface area contributed by atoms with Gasteiger partial charge in [-0.25, -0.2) is 0 Å². The number of hydrogen-bond donors (Lipinski definition) is 0. The average molecular weight is 208 g/mol. The van der Waals surface area contributed by atoms with Gasteiger partial charge >= 0.3 is 43.4 Å². The fourth-order valence-corrected chi connectivity index (χ4v) is 0. The van der Waals surface area contributed by atoms with Crippen LogP contribution in [0.15, 0.2) is 0 Å². The van der Waals surface area contributed by atoms with Crippen molar-refractivity contribution >= 4 is 7.82 Å². The Morgan fingerprint density at radius 3 is 1.00 bits per heavy atom. The third-order valence-corrected chi connectivity index (χ3v) is 0. The molecule has 0 aromatic carbocycles. The first kappa shape index (κ1) is 22.7. The van der Waals surface area contributed by atoms with Crippen molar-refractivity contribution < 1.29 is 68.2 Å². The van der Waals surface area contributed by atoms with Gasteiger partial charge in [-0.3, -0.25) is 0 Å². The van der Waals surface area contributed by atoms with Crippen molar-refractivity contribution in [2.24, 2.45) is 0 Å². The maximum absolute atomic E-state index is 8.55. The predicted octanol–water partition coefficient (Wildman–Crippen LogP) is -3.01. The molecule has 0 rings (SSSR count). The largest absolute Gasteiger partial charge is 4.00 e. The van der Waals surface area contributed by atoms with Crippen molar-refractivity contribution in [3.8, 4) is 0 Å². The first-order valence-corrected chi connectivity index (χ1v) is 2.19. The Kier molecular flexibility index (Phi) is 24.1. The summed E-state index contributed by atoms with van der Waals surface area (Å²) in [5.41, 5.74) is 0. The molecule has 0 heterocycles. The SMILES string of the molecule is O=P([O-])([O-])[O-].[OH-].[Ti+4].[Ti+4]. The van der Waals surface area contributed by atoms with E-state index in [0.717, 1.165) is 0 Å². The van der Waals surface area contributed by atoms with Crippen molar-refractivity contribution in [3.05, 3.63) is 0 Å². The molecule has 40 valence electrons. The molecule has 0 unspecified atom stereocenters. The summed E-state index contributed by atoms with van der Waals surface area (Å²) < 4.78 is 8.55. The molecule has 0 amide bonds. The Morgan fingerprint density at radius 1 is 1.00 bits per heavy atom. The molecule has 1 N–H and O–H groups in total. The quantitative estimate of drug-likeness (QED) is 0.310. The average Bonchev–Trinajstić information content (AvgIpc) is 0.722. The molecule has 0 spiro atoms. The number of phosphoric acid groups is 1. The molecule has 0 aromatic rings. The van der Waals surface area contributed by atoms with Crippen LogP contribution in [0.4, 0.5) is 0 Å². The molecule has 0 saturated carbocycles. The van der Waals surface area contributed by atoms with E-state index in [9.17, 15) is 0 Å². The Morgan fingerprint density at radius 2 is 1.00 bits per heavy atom. The van der Waals surface area contributed by atoms with Gasteiger partial charge in [0.25, 0.3) is 0 Å². The molecule has 0 saturated heterocycles. The van der Waals surface area contributed by atoms with E-state index in [0.29, 0.717) is 0 Å². The van der Waals surface area contributed by atoms with Gasteiger partial charge in [0.15, 0.2) is 0 Å². The minimum absolute atomic E-state index is 0. The number of hydrogen-bond acceptors (Lipinski definition) is 5. The van der Waals surface area contributed by atoms with E-state index in [2.05, 4.69) is 0 Å². The number of rotatable bonds is 0. The van der Waals surface area contributed by atoms with Crippen LogP contribution < -0.4 is 14.7 Å². The Balaban J connectivity index is -0.0000000267. The summed E-state index contributed by atoms with van der Waals surface area (Å²) in [7, 11) is -5.39. The second-order valence-corrected chi connectivity index (χ2v) is 1.34. The van der Waals surface area contributed by atoms with Gasteiger partial charge < -0.3 is 24.7 Å². The van der Waals surface area contributed by atoms with E-state index < -0.39 is 7.82 Å². The van der Waals surface area contributed by atoms with E-state index >= 15 is 0 Å². The zero-order valence-corrected chi connectivity index (χ0v) is 7.54. The molecule has 8 heteroatoms. The fourth-order valence-electron chi connectivity index (χ4n) is 0. The van der Waals surface area contributed by atoms with Gasteiger partial charge in [-0.15, -0.1) is 0 Å². The van der Waals surface area contributed by atoms with Crippen molar-refractivity contribution in [2.45, 2.75) is 0 Å². The predicted molar refractivity (Wildman–Crippen MR) is 9.54 cm³/mol. The Labute approximate surface area is 75.8 Å². The first-order chi connectivity index (χ1) is 2.00. The summed E-state index contributed by atoms with van der Waals surface area (Å²) in [4.78, 5) is 25.6. The van der Waals surface area contributed by atoms with E-state index in [1.54, 1.807) is 0 Å². The minimum atomic E-state index is -5.39. The van der Waals surface area contributed by atoms with Gasteiger partial charge in [-0.05, 0) is 0 Å². The van der Waals surface area contributed by atoms with Crippen molar-refractivity contribution in [2.75, 3.05) is 0 Å². The molecule has 0 aromatic heterocycles. The molecule has 0 radical (unpaired) electrons. The summed E-state index contributed by atoms with van der Waals surface area (Å²) >= 11 is 0. The van der Waals surface area contributed by atoms with Gasteiger partial charge in [0, 0.05) is 0 Å². The van der Waals surface area contributed by atoms with Crippen LogP contribution in [0.5, 0.6) is 0 Å². The maximum atomic E-state index is 8.55. The molecular formula is HO5PTi2+4. The molecule has 0 aliphatic carbocycles. The van der Waals surface area contributed by atoms with Crippen LogP contribution in [0, 0.1) is 0 Å². The molecule has 0 bridgehead atoms. The first-order valence-electron chi connectivity index (χ1n) is 0.730. The zero-order chi connectivity index (χ0) is 4.50. The Hall–Kier alpha value is 1.50. The van der Waals surface area contributed by atoms with Crippen LogP contribution in [0.2, 0.25) is 0 Å². The van der Waals surface area contributed by atoms with E-state index in [4.69, 9.17) is 19.2 Å². The molecular weight excluding hydrogens is 207 g/mol. The molecule has 0 aliphatic rings. The normalized spacial score (nSPS) is 7.38.